The Hall–Kier alpha value is -0.160. The number of hydrogen-bond donors (Lipinski definition) is 2. The molecule has 0 bridgehead atoms. The van der Waals surface area contributed by atoms with E-state index >= 15 is 0 Å². The van der Waals surface area contributed by atoms with Gasteiger partial charge in [-0.2, -0.15) is 0 Å². The zero-order valence-electron chi connectivity index (χ0n) is 10.2. The van der Waals surface area contributed by atoms with E-state index in [-0.39, 0.29) is 11.6 Å². The molecule has 0 aromatic heterocycles. The SMILES string of the molecule is CC1(C(CCC2CCCO2)NN)CCCO1. The van der Waals surface area contributed by atoms with Crippen LogP contribution in [0, 0.1) is 0 Å². The van der Waals surface area contributed by atoms with Crippen LogP contribution in [-0.2, 0) is 9.47 Å². The van der Waals surface area contributed by atoms with Crippen LogP contribution < -0.4 is 11.3 Å². The van der Waals surface area contributed by atoms with E-state index in [4.69, 9.17) is 15.3 Å². The predicted molar refractivity (Wildman–Crippen MR) is 62.9 cm³/mol. The lowest BCUT2D eigenvalue weighted by Gasteiger charge is -2.33. The second-order valence-corrected chi connectivity index (χ2v) is 5.20. The highest BCUT2D eigenvalue weighted by atomic mass is 16.5. The Bertz CT molecular complexity index is 211. The van der Waals surface area contributed by atoms with Gasteiger partial charge in [0.15, 0.2) is 0 Å². The van der Waals surface area contributed by atoms with Gasteiger partial charge in [-0.1, -0.05) is 0 Å². The number of ether oxygens (including phenoxy) is 2. The number of hydrazine groups is 1. The molecule has 4 nitrogen and oxygen atoms in total. The summed E-state index contributed by atoms with van der Waals surface area (Å²) in [5.41, 5.74) is 2.85. The minimum Gasteiger partial charge on any atom is -0.378 e. The van der Waals surface area contributed by atoms with Gasteiger partial charge < -0.3 is 9.47 Å². The highest BCUT2D eigenvalue weighted by Crippen LogP contribution is 2.31. The summed E-state index contributed by atoms with van der Waals surface area (Å²) in [5, 5.41) is 0. The Kier molecular flexibility index (Phi) is 4.19. The van der Waals surface area contributed by atoms with Crippen molar-refractivity contribution in [2.75, 3.05) is 13.2 Å². The van der Waals surface area contributed by atoms with Gasteiger partial charge in [-0.3, -0.25) is 11.3 Å². The molecule has 16 heavy (non-hydrogen) atoms. The maximum atomic E-state index is 5.83. The molecule has 2 fully saturated rings. The third-order valence-electron chi connectivity index (χ3n) is 3.99. The Morgan fingerprint density at radius 3 is 2.88 bits per heavy atom. The van der Waals surface area contributed by atoms with Crippen LogP contribution in [0.5, 0.6) is 0 Å². The first-order valence-electron chi connectivity index (χ1n) is 6.46. The summed E-state index contributed by atoms with van der Waals surface area (Å²) in [6.07, 6.45) is 7.24. The van der Waals surface area contributed by atoms with E-state index in [1.54, 1.807) is 0 Å². The van der Waals surface area contributed by atoms with Gasteiger partial charge in [-0.15, -0.1) is 0 Å². The molecular formula is C12H24N2O2. The molecule has 0 saturated carbocycles. The first kappa shape index (κ1) is 12.3. The maximum absolute atomic E-state index is 5.83. The Balaban J connectivity index is 1.80. The molecule has 0 aromatic rings. The van der Waals surface area contributed by atoms with Gasteiger partial charge in [0.25, 0.3) is 0 Å². The van der Waals surface area contributed by atoms with E-state index in [1.807, 2.05) is 0 Å². The fraction of sp³-hybridized carbons (Fsp3) is 1.00. The average molecular weight is 228 g/mol. The van der Waals surface area contributed by atoms with Crippen LogP contribution in [0.25, 0.3) is 0 Å². The molecular weight excluding hydrogens is 204 g/mol. The predicted octanol–water partition coefficient (Wildman–Crippen LogP) is 1.35. The normalized spacial score (nSPS) is 36.8. The van der Waals surface area contributed by atoms with Crippen LogP contribution >= 0.6 is 0 Å². The molecule has 3 N–H and O–H groups in total. The smallest absolute Gasteiger partial charge is 0.0821 e. The summed E-state index contributed by atoms with van der Waals surface area (Å²) in [4.78, 5) is 0. The molecule has 2 rings (SSSR count). The van der Waals surface area contributed by atoms with Crippen molar-refractivity contribution < 1.29 is 9.47 Å². The largest absolute Gasteiger partial charge is 0.378 e. The van der Waals surface area contributed by atoms with Crippen molar-refractivity contribution in [3.05, 3.63) is 0 Å². The standard InChI is InChI=1S/C12H24N2O2/c1-12(7-3-9-16-12)11(14-13)6-5-10-4-2-8-15-10/h10-11,14H,2-9,13H2,1H3. The van der Waals surface area contributed by atoms with Gasteiger partial charge in [-0.25, -0.2) is 0 Å². The summed E-state index contributed by atoms with van der Waals surface area (Å²) in [6.45, 7) is 3.97. The van der Waals surface area contributed by atoms with Crippen LogP contribution in [0.15, 0.2) is 0 Å². The molecule has 3 unspecified atom stereocenters. The first-order chi connectivity index (χ1) is 7.74. The minimum atomic E-state index is -0.0760. The lowest BCUT2D eigenvalue weighted by molar-refractivity contribution is -0.0182. The second-order valence-electron chi connectivity index (χ2n) is 5.20. The van der Waals surface area contributed by atoms with E-state index in [0.717, 1.165) is 38.9 Å². The van der Waals surface area contributed by atoms with Crippen LogP contribution in [0.3, 0.4) is 0 Å². The Morgan fingerprint density at radius 2 is 2.31 bits per heavy atom. The number of hydrogen-bond acceptors (Lipinski definition) is 4. The fourth-order valence-corrected chi connectivity index (χ4v) is 2.86. The molecule has 3 atom stereocenters. The third kappa shape index (κ3) is 2.74. The molecule has 2 aliphatic heterocycles. The van der Waals surface area contributed by atoms with Gasteiger partial charge in [0.1, 0.15) is 0 Å². The van der Waals surface area contributed by atoms with E-state index in [2.05, 4.69) is 12.3 Å². The monoisotopic (exact) mass is 228 g/mol. The maximum Gasteiger partial charge on any atom is 0.0821 e. The molecule has 0 amide bonds. The molecule has 4 heteroatoms. The second kappa shape index (κ2) is 5.45. The van der Waals surface area contributed by atoms with Gasteiger partial charge in [0.05, 0.1) is 11.7 Å². The van der Waals surface area contributed by atoms with Crippen molar-refractivity contribution in [1.82, 2.24) is 5.43 Å². The fourth-order valence-electron chi connectivity index (χ4n) is 2.86. The van der Waals surface area contributed by atoms with Crippen molar-refractivity contribution in [1.29, 1.82) is 0 Å². The quantitative estimate of drug-likeness (QED) is 0.551. The van der Waals surface area contributed by atoms with Crippen LogP contribution in [0.1, 0.15) is 45.4 Å². The van der Waals surface area contributed by atoms with E-state index in [0.29, 0.717) is 6.10 Å². The molecule has 2 aliphatic rings. The summed E-state index contributed by atoms with van der Waals surface area (Å²) >= 11 is 0. The molecule has 2 heterocycles. The van der Waals surface area contributed by atoms with Gasteiger partial charge in [-0.05, 0) is 45.4 Å². The van der Waals surface area contributed by atoms with E-state index < -0.39 is 0 Å². The lowest BCUT2D eigenvalue weighted by Crippen LogP contribution is -2.51. The van der Waals surface area contributed by atoms with Crippen molar-refractivity contribution in [3.8, 4) is 0 Å². The molecule has 2 saturated heterocycles. The lowest BCUT2D eigenvalue weighted by atomic mass is 9.89. The number of nitrogens with two attached hydrogens (primary N) is 1. The molecule has 0 aliphatic carbocycles. The molecule has 94 valence electrons. The summed E-state index contributed by atoms with van der Waals surface area (Å²) in [7, 11) is 0. The van der Waals surface area contributed by atoms with Crippen molar-refractivity contribution in [2.24, 2.45) is 5.84 Å². The highest BCUT2D eigenvalue weighted by Gasteiger charge is 2.38. The topological polar surface area (TPSA) is 56.5 Å². The first-order valence-corrected chi connectivity index (χ1v) is 6.46. The molecule has 0 radical (unpaired) electrons. The number of nitrogens with one attached hydrogen (secondary N) is 1. The minimum absolute atomic E-state index is 0.0760. The van der Waals surface area contributed by atoms with Crippen molar-refractivity contribution in [2.45, 2.75) is 63.2 Å². The zero-order chi connectivity index (χ0) is 11.4. The average Bonchev–Trinajstić information content (AvgIpc) is 2.91. The van der Waals surface area contributed by atoms with Crippen LogP contribution in [0.4, 0.5) is 0 Å². The van der Waals surface area contributed by atoms with E-state index in [1.165, 1.54) is 12.8 Å². The Labute approximate surface area is 97.8 Å². The summed E-state index contributed by atoms with van der Waals surface area (Å²) in [5.74, 6) is 5.65. The van der Waals surface area contributed by atoms with Gasteiger partial charge in [0, 0.05) is 19.3 Å². The molecule has 0 aromatic carbocycles. The summed E-state index contributed by atoms with van der Waals surface area (Å²) in [6, 6.07) is 0.249. The van der Waals surface area contributed by atoms with E-state index in [9.17, 15) is 0 Å². The highest BCUT2D eigenvalue weighted by molar-refractivity contribution is 4.92. The van der Waals surface area contributed by atoms with Crippen LogP contribution in [-0.4, -0.2) is 31.0 Å². The molecule has 0 spiro atoms. The van der Waals surface area contributed by atoms with Gasteiger partial charge >= 0.3 is 0 Å². The van der Waals surface area contributed by atoms with Gasteiger partial charge in [0.2, 0.25) is 0 Å². The van der Waals surface area contributed by atoms with Crippen molar-refractivity contribution in [3.63, 3.8) is 0 Å². The Morgan fingerprint density at radius 1 is 1.44 bits per heavy atom. The van der Waals surface area contributed by atoms with Crippen molar-refractivity contribution >= 4 is 0 Å². The third-order valence-corrected chi connectivity index (χ3v) is 3.99. The zero-order valence-corrected chi connectivity index (χ0v) is 10.2. The summed E-state index contributed by atoms with van der Waals surface area (Å²) < 4.78 is 11.5. The van der Waals surface area contributed by atoms with Crippen LogP contribution in [0.2, 0.25) is 0 Å². The number of rotatable bonds is 5.